The summed E-state index contributed by atoms with van der Waals surface area (Å²) in [6.07, 6.45) is 7.34. The van der Waals surface area contributed by atoms with Crippen LogP contribution in [0.15, 0.2) is 30.9 Å². The lowest BCUT2D eigenvalue weighted by atomic mass is 10.1. The van der Waals surface area contributed by atoms with E-state index in [9.17, 15) is 0 Å². The van der Waals surface area contributed by atoms with E-state index in [4.69, 9.17) is 0 Å². The van der Waals surface area contributed by atoms with Gasteiger partial charge in [-0.05, 0) is 25.0 Å². The molecule has 4 heteroatoms. The Morgan fingerprint density at radius 1 is 1.33 bits per heavy atom. The van der Waals surface area contributed by atoms with Gasteiger partial charge in [0.2, 0.25) is 0 Å². The highest BCUT2D eigenvalue weighted by molar-refractivity contribution is 5.09. The summed E-state index contributed by atoms with van der Waals surface area (Å²) in [6.45, 7) is 3.02. The van der Waals surface area contributed by atoms with E-state index in [1.54, 1.807) is 12.5 Å². The fourth-order valence-corrected chi connectivity index (χ4v) is 1.54. The third-order valence-electron chi connectivity index (χ3n) is 2.40. The monoisotopic (exact) mass is 202 g/mol. The van der Waals surface area contributed by atoms with Gasteiger partial charge in [-0.15, -0.1) is 10.2 Å². The van der Waals surface area contributed by atoms with Gasteiger partial charge in [0.1, 0.15) is 12.2 Å². The molecule has 0 unspecified atom stereocenters. The summed E-state index contributed by atoms with van der Waals surface area (Å²) < 4.78 is 2.07. The highest BCUT2D eigenvalue weighted by Gasteiger charge is 2.02. The van der Waals surface area contributed by atoms with Gasteiger partial charge in [0, 0.05) is 25.4 Å². The molecule has 0 aliphatic carbocycles. The van der Waals surface area contributed by atoms with Crippen LogP contribution in [0.3, 0.4) is 0 Å². The molecular formula is C11H14N4. The molecule has 0 saturated carbocycles. The number of nitrogens with zero attached hydrogens (tertiary/aromatic N) is 4. The molecule has 15 heavy (non-hydrogen) atoms. The molecule has 0 bridgehead atoms. The van der Waals surface area contributed by atoms with Crippen molar-refractivity contribution in [3.05, 3.63) is 42.2 Å². The van der Waals surface area contributed by atoms with Crippen molar-refractivity contribution in [1.29, 1.82) is 0 Å². The van der Waals surface area contributed by atoms with Crippen LogP contribution >= 0.6 is 0 Å². The number of rotatable bonds is 4. The maximum absolute atomic E-state index is 4.09. The topological polar surface area (TPSA) is 43.6 Å². The first-order chi connectivity index (χ1) is 7.40. The molecule has 0 spiro atoms. The van der Waals surface area contributed by atoms with Crippen molar-refractivity contribution in [3.63, 3.8) is 0 Å². The molecule has 2 aromatic rings. The highest BCUT2D eigenvalue weighted by atomic mass is 15.3. The lowest BCUT2D eigenvalue weighted by molar-refractivity contribution is 0.689. The van der Waals surface area contributed by atoms with E-state index in [0.29, 0.717) is 0 Å². The van der Waals surface area contributed by atoms with Gasteiger partial charge in [-0.3, -0.25) is 4.98 Å². The fraction of sp³-hybridized carbons (Fsp3) is 0.364. The van der Waals surface area contributed by atoms with Crippen LogP contribution in [0.2, 0.25) is 0 Å². The Morgan fingerprint density at radius 3 is 3.00 bits per heavy atom. The van der Waals surface area contributed by atoms with Gasteiger partial charge in [-0.1, -0.05) is 6.07 Å². The van der Waals surface area contributed by atoms with Gasteiger partial charge in [0.15, 0.2) is 0 Å². The normalized spacial score (nSPS) is 10.5. The van der Waals surface area contributed by atoms with Crippen LogP contribution in [-0.4, -0.2) is 19.7 Å². The van der Waals surface area contributed by atoms with E-state index in [1.807, 2.05) is 12.3 Å². The molecule has 0 atom stereocenters. The summed E-state index contributed by atoms with van der Waals surface area (Å²) in [6, 6.07) is 4.04. The molecular weight excluding hydrogens is 188 g/mol. The van der Waals surface area contributed by atoms with Crippen molar-refractivity contribution in [3.8, 4) is 0 Å². The Bertz CT molecular complexity index is 408. The van der Waals surface area contributed by atoms with Gasteiger partial charge < -0.3 is 4.57 Å². The maximum Gasteiger partial charge on any atom is 0.133 e. The Balaban J connectivity index is 1.99. The average Bonchev–Trinajstić information content (AvgIpc) is 2.75. The molecule has 0 saturated heterocycles. The third-order valence-corrected chi connectivity index (χ3v) is 2.40. The quantitative estimate of drug-likeness (QED) is 0.754. The lowest BCUT2D eigenvalue weighted by Crippen LogP contribution is -2.02. The zero-order valence-electron chi connectivity index (χ0n) is 8.80. The van der Waals surface area contributed by atoms with Crippen molar-refractivity contribution in [2.24, 2.45) is 0 Å². The lowest BCUT2D eigenvalue weighted by Gasteiger charge is -2.02. The van der Waals surface area contributed by atoms with Crippen LogP contribution in [0.25, 0.3) is 0 Å². The zero-order chi connectivity index (χ0) is 10.5. The summed E-state index contributed by atoms with van der Waals surface area (Å²) in [5.41, 5.74) is 1.24. The summed E-state index contributed by atoms with van der Waals surface area (Å²) >= 11 is 0. The molecule has 0 amide bonds. The standard InChI is InChI=1S/C11H14N4/c1-2-15-9-13-14-11(15)6-5-10-4-3-7-12-8-10/h3-4,7-9H,2,5-6H2,1H3. The van der Waals surface area contributed by atoms with E-state index in [-0.39, 0.29) is 0 Å². The predicted octanol–water partition coefficient (Wildman–Crippen LogP) is 1.48. The summed E-state index contributed by atoms with van der Waals surface area (Å²) in [5.74, 6) is 1.04. The van der Waals surface area contributed by atoms with E-state index in [0.717, 1.165) is 25.2 Å². The molecule has 2 rings (SSSR count). The maximum atomic E-state index is 4.09. The first-order valence-corrected chi connectivity index (χ1v) is 5.15. The van der Waals surface area contributed by atoms with Crippen molar-refractivity contribution >= 4 is 0 Å². The molecule has 78 valence electrons. The van der Waals surface area contributed by atoms with Crippen LogP contribution in [0, 0.1) is 0 Å². The van der Waals surface area contributed by atoms with Crippen LogP contribution in [0.1, 0.15) is 18.3 Å². The average molecular weight is 202 g/mol. The number of aryl methyl sites for hydroxylation is 3. The van der Waals surface area contributed by atoms with Crippen molar-refractivity contribution in [1.82, 2.24) is 19.7 Å². The molecule has 0 N–H and O–H groups in total. The van der Waals surface area contributed by atoms with Gasteiger partial charge >= 0.3 is 0 Å². The van der Waals surface area contributed by atoms with Gasteiger partial charge in [-0.2, -0.15) is 0 Å². The van der Waals surface area contributed by atoms with Crippen molar-refractivity contribution < 1.29 is 0 Å². The number of pyridine rings is 1. The second-order valence-corrected chi connectivity index (χ2v) is 3.39. The molecule has 0 aliphatic rings. The second-order valence-electron chi connectivity index (χ2n) is 3.39. The minimum Gasteiger partial charge on any atom is -0.318 e. The van der Waals surface area contributed by atoms with Crippen LogP contribution in [0.4, 0.5) is 0 Å². The van der Waals surface area contributed by atoms with Crippen LogP contribution in [-0.2, 0) is 19.4 Å². The molecule has 0 radical (unpaired) electrons. The van der Waals surface area contributed by atoms with Gasteiger partial charge in [0.25, 0.3) is 0 Å². The first kappa shape index (κ1) is 9.83. The van der Waals surface area contributed by atoms with Crippen molar-refractivity contribution in [2.45, 2.75) is 26.3 Å². The van der Waals surface area contributed by atoms with E-state index in [1.165, 1.54) is 5.56 Å². The number of hydrogen-bond donors (Lipinski definition) is 0. The van der Waals surface area contributed by atoms with Crippen molar-refractivity contribution in [2.75, 3.05) is 0 Å². The fourth-order valence-electron chi connectivity index (χ4n) is 1.54. The third kappa shape index (κ3) is 2.40. The van der Waals surface area contributed by atoms with E-state index >= 15 is 0 Å². The number of hydrogen-bond acceptors (Lipinski definition) is 3. The van der Waals surface area contributed by atoms with Gasteiger partial charge in [0.05, 0.1) is 0 Å². The van der Waals surface area contributed by atoms with E-state index in [2.05, 4.69) is 32.7 Å². The zero-order valence-corrected chi connectivity index (χ0v) is 8.80. The Kier molecular flexibility index (Phi) is 3.07. The Hall–Kier alpha value is -1.71. The number of aromatic nitrogens is 4. The minimum absolute atomic E-state index is 0.916. The summed E-state index contributed by atoms with van der Waals surface area (Å²) in [7, 11) is 0. The minimum atomic E-state index is 0.916. The summed E-state index contributed by atoms with van der Waals surface area (Å²) in [5, 5.41) is 8.00. The largest absolute Gasteiger partial charge is 0.318 e. The SMILES string of the molecule is CCn1cnnc1CCc1cccnc1. The molecule has 0 fully saturated rings. The summed E-state index contributed by atoms with van der Waals surface area (Å²) in [4.78, 5) is 4.08. The molecule has 2 heterocycles. The molecule has 4 nitrogen and oxygen atoms in total. The predicted molar refractivity (Wildman–Crippen MR) is 57.3 cm³/mol. The molecule has 0 aromatic carbocycles. The van der Waals surface area contributed by atoms with Gasteiger partial charge in [-0.25, -0.2) is 0 Å². The molecule has 0 aliphatic heterocycles. The smallest absolute Gasteiger partial charge is 0.133 e. The van der Waals surface area contributed by atoms with Crippen LogP contribution in [0.5, 0.6) is 0 Å². The second kappa shape index (κ2) is 4.68. The Morgan fingerprint density at radius 2 is 2.27 bits per heavy atom. The van der Waals surface area contributed by atoms with E-state index < -0.39 is 0 Å². The first-order valence-electron chi connectivity index (χ1n) is 5.15. The molecule has 2 aromatic heterocycles. The highest BCUT2D eigenvalue weighted by Crippen LogP contribution is 2.03. The Labute approximate surface area is 89.0 Å². The van der Waals surface area contributed by atoms with Crippen LogP contribution < -0.4 is 0 Å².